The fourth-order valence-corrected chi connectivity index (χ4v) is 8.92. The van der Waals surface area contributed by atoms with Crippen LogP contribution in [0.1, 0.15) is 5.56 Å². The normalized spacial score (nSPS) is 13.2. The van der Waals surface area contributed by atoms with E-state index in [0.29, 0.717) is 13.3 Å². The van der Waals surface area contributed by atoms with Crippen LogP contribution in [-0.4, -0.2) is 13.3 Å². The molecule has 0 N–H and O–H groups in total. The first kappa shape index (κ1) is 35.4. The predicted octanol–water partition coefficient (Wildman–Crippen LogP) is 14.8. The van der Waals surface area contributed by atoms with Crippen molar-refractivity contribution < 1.29 is 4.74 Å². The van der Waals surface area contributed by atoms with Crippen molar-refractivity contribution in [3.05, 3.63) is 218 Å². The van der Waals surface area contributed by atoms with E-state index < -0.39 is 0 Å². The van der Waals surface area contributed by atoms with Crippen molar-refractivity contribution in [3.8, 4) is 33.8 Å². The third-order valence-electron chi connectivity index (χ3n) is 11.8. The van der Waals surface area contributed by atoms with Crippen LogP contribution < -0.4 is 24.3 Å². The Kier molecular flexibility index (Phi) is 8.78. The van der Waals surface area contributed by atoms with Crippen LogP contribution in [0.5, 0.6) is 11.5 Å². The first-order chi connectivity index (χ1) is 29.7. The van der Waals surface area contributed by atoms with Gasteiger partial charge in [-0.1, -0.05) is 151 Å². The fraction of sp³-hybridized carbons (Fsp3) is 0.0545. The number of rotatable bonds is 8. The molecular formula is C55H42N4O. The minimum absolute atomic E-state index is 0.623. The predicted molar refractivity (Wildman–Crippen MR) is 250 cm³/mol. The van der Waals surface area contributed by atoms with Crippen molar-refractivity contribution in [3.63, 3.8) is 0 Å². The van der Waals surface area contributed by atoms with Crippen LogP contribution in [0.4, 0.5) is 45.5 Å². The van der Waals surface area contributed by atoms with E-state index in [2.05, 4.69) is 227 Å². The maximum absolute atomic E-state index is 6.73. The van der Waals surface area contributed by atoms with Crippen LogP contribution in [0.3, 0.4) is 0 Å². The van der Waals surface area contributed by atoms with E-state index in [1.54, 1.807) is 0 Å². The summed E-state index contributed by atoms with van der Waals surface area (Å²) in [6.07, 6.45) is 0. The minimum Gasteiger partial charge on any atom is -0.457 e. The second-order valence-electron chi connectivity index (χ2n) is 15.5. The lowest BCUT2D eigenvalue weighted by atomic mass is 9.94. The largest absolute Gasteiger partial charge is 0.457 e. The summed E-state index contributed by atoms with van der Waals surface area (Å²) < 4.78 is 6.73. The summed E-state index contributed by atoms with van der Waals surface area (Å²) in [4.78, 5) is 9.66. The topological polar surface area (TPSA) is 22.2 Å². The van der Waals surface area contributed by atoms with Gasteiger partial charge in [-0.05, 0) is 78.0 Å². The number of para-hydroxylation sites is 3. The summed E-state index contributed by atoms with van der Waals surface area (Å²) in [6.45, 7) is 3.46. The molecule has 0 bridgehead atoms. The number of benzene rings is 9. The number of ether oxygens (including phenoxy) is 1. The Bertz CT molecular complexity index is 2940. The lowest BCUT2D eigenvalue weighted by Crippen LogP contribution is -2.25. The Morgan fingerprint density at radius 1 is 0.367 bits per heavy atom. The Morgan fingerprint density at radius 2 is 0.883 bits per heavy atom. The van der Waals surface area contributed by atoms with Gasteiger partial charge in [0.1, 0.15) is 24.8 Å². The Balaban J connectivity index is 0.961. The Hall–Kier alpha value is -7.76. The van der Waals surface area contributed by atoms with Gasteiger partial charge in [0.15, 0.2) is 0 Å². The molecule has 0 saturated heterocycles. The maximum Gasteiger partial charge on any atom is 0.129 e. The zero-order chi connectivity index (χ0) is 40.0. The second-order valence-corrected chi connectivity index (χ2v) is 15.5. The second kappa shape index (κ2) is 14.9. The van der Waals surface area contributed by atoms with E-state index >= 15 is 0 Å². The maximum atomic E-state index is 6.73. The highest BCUT2D eigenvalue weighted by atomic mass is 16.5. The number of anilines is 8. The molecule has 288 valence electrons. The summed E-state index contributed by atoms with van der Waals surface area (Å²) in [5, 5.41) is 2.43. The molecule has 0 saturated carbocycles. The van der Waals surface area contributed by atoms with Gasteiger partial charge in [0, 0.05) is 45.7 Å². The quantitative estimate of drug-likeness (QED) is 0.153. The molecule has 0 aromatic heterocycles. The van der Waals surface area contributed by atoms with Crippen LogP contribution in [0.15, 0.2) is 212 Å². The summed E-state index contributed by atoms with van der Waals surface area (Å²) in [6, 6.07) is 75.8. The van der Waals surface area contributed by atoms with Crippen LogP contribution in [0.25, 0.3) is 33.0 Å². The SMILES string of the molecule is Cc1ccc(N2CN(c3cccc(Oc4cccc(N5CN(c6c(-c7ccccc7)cccc6-c6ccccc6)c6c5ccc5ccccc65)c4)c3)c3ccccc32)cc1. The van der Waals surface area contributed by atoms with Gasteiger partial charge in [0.05, 0.1) is 28.4 Å². The van der Waals surface area contributed by atoms with Gasteiger partial charge in [-0.15, -0.1) is 0 Å². The molecule has 0 radical (unpaired) electrons. The molecule has 60 heavy (non-hydrogen) atoms. The lowest BCUT2D eigenvalue weighted by molar-refractivity contribution is 0.483. The Labute approximate surface area is 351 Å². The highest BCUT2D eigenvalue weighted by Crippen LogP contribution is 2.53. The van der Waals surface area contributed by atoms with Gasteiger partial charge in [0.25, 0.3) is 0 Å². The molecule has 0 spiro atoms. The van der Waals surface area contributed by atoms with Gasteiger partial charge in [-0.3, -0.25) is 0 Å². The molecule has 11 rings (SSSR count). The number of hydrogen-bond donors (Lipinski definition) is 0. The van der Waals surface area contributed by atoms with Crippen LogP contribution in [0, 0.1) is 6.92 Å². The molecule has 5 heteroatoms. The molecule has 9 aromatic carbocycles. The molecule has 2 aliphatic heterocycles. The molecule has 2 heterocycles. The highest BCUT2D eigenvalue weighted by molar-refractivity contribution is 6.09. The van der Waals surface area contributed by atoms with Crippen LogP contribution in [0.2, 0.25) is 0 Å². The van der Waals surface area contributed by atoms with E-state index in [4.69, 9.17) is 4.74 Å². The first-order valence-corrected chi connectivity index (χ1v) is 20.6. The number of hydrogen-bond acceptors (Lipinski definition) is 5. The molecule has 9 aromatic rings. The Morgan fingerprint density at radius 3 is 1.52 bits per heavy atom. The molecule has 0 aliphatic carbocycles. The average molecular weight is 775 g/mol. The number of nitrogens with zero attached hydrogens (tertiary/aromatic N) is 4. The fourth-order valence-electron chi connectivity index (χ4n) is 8.92. The standard InChI is InChI=1S/C55H42N4O/c1-39-29-32-43(33-30-39)56-37-57(52-28-11-10-27-51(52)56)44-20-12-22-46(35-44)60-47-23-13-21-45(36-47)58-38-59(55-50-24-9-8-19-42(50)31-34-53(55)58)54-48(40-15-4-2-5-16-40)25-14-26-49(54)41-17-6-3-7-18-41/h2-36H,37-38H2,1H3. The third kappa shape index (κ3) is 6.28. The molecule has 0 unspecified atom stereocenters. The van der Waals surface area contributed by atoms with Gasteiger partial charge in [0.2, 0.25) is 0 Å². The average Bonchev–Trinajstić information content (AvgIpc) is 3.90. The minimum atomic E-state index is 0.623. The van der Waals surface area contributed by atoms with E-state index in [1.807, 2.05) is 12.1 Å². The summed E-state index contributed by atoms with van der Waals surface area (Å²) >= 11 is 0. The smallest absolute Gasteiger partial charge is 0.129 e. The van der Waals surface area contributed by atoms with Gasteiger partial charge in [-0.25, -0.2) is 0 Å². The molecule has 0 atom stereocenters. The van der Waals surface area contributed by atoms with Crippen molar-refractivity contribution in [2.75, 3.05) is 32.9 Å². The summed E-state index contributed by atoms with van der Waals surface area (Å²) in [5.74, 6) is 1.57. The first-order valence-electron chi connectivity index (χ1n) is 20.6. The van der Waals surface area contributed by atoms with Gasteiger partial charge >= 0.3 is 0 Å². The molecule has 0 amide bonds. The van der Waals surface area contributed by atoms with Crippen molar-refractivity contribution in [2.45, 2.75) is 6.92 Å². The van der Waals surface area contributed by atoms with E-state index in [1.165, 1.54) is 67.0 Å². The van der Waals surface area contributed by atoms with E-state index in [9.17, 15) is 0 Å². The highest BCUT2D eigenvalue weighted by Gasteiger charge is 2.33. The van der Waals surface area contributed by atoms with Crippen molar-refractivity contribution >= 4 is 56.3 Å². The van der Waals surface area contributed by atoms with E-state index in [0.717, 1.165) is 28.6 Å². The molecule has 2 aliphatic rings. The molecule has 5 nitrogen and oxygen atoms in total. The number of fused-ring (bicyclic) bond motifs is 4. The summed E-state index contributed by atoms with van der Waals surface area (Å²) in [5.41, 5.74) is 15.2. The van der Waals surface area contributed by atoms with Gasteiger partial charge < -0.3 is 24.3 Å². The molecular weight excluding hydrogens is 733 g/mol. The van der Waals surface area contributed by atoms with E-state index in [-0.39, 0.29) is 0 Å². The van der Waals surface area contributed by atoms with Crippen molar-refractivity contribution in [1.82, 2.24) is 0 Å². The van der Waals surface area contributed by atoms with Gasteiger partial charge in [-0.2, -0.15) is 0 Å². The zero-order valence-electron chi connectivity index (χ0n) is 33.3. The zero-order valence-corrected chi connectivity index (χ0v) is 33.3. The van der Waals surface area contributed by atoms with Crippen molar-refractivity contribution in [2.24, 2.45) is 0 Å². The summed E-state index contributed by atoms with van der Waals surface area (Å²) in [7, 11) is 0. The van der Waals surface area contributed by atoms with Crippen LogP contribution in [-0.2, 0) is 0 Å². The molecule has 0 fully saturated rings. The monoisotopic (exact) mass is 774 g/mol. The number of aryl methyl sites for hydroxylation is 1. The van der Waals surface area contributed by atoms with Crippen molar-refractivity contribution in [1.29, 1.82) is 0 Å². The lowest BCUT2D eigenvalue weighted by Gasteiger charge is -2.27. The van der Waals surface area contributed by atoms with Crippen LogP contribution >= 0.6 is 0 Å². The third-order valence-corrected chi connectivity index (χ3v) is 11.8.